The summed E-state index contributed by atoms with van der Waals surface area (Å²) in [4.78, 5) is 18.0. The molecule has 0 radical (unpaired) electrons. The second-order valence-corrected chi connectivity index (χ2v) is 6.10. The summed E-state index contributed by atoms with van der Waals surface area (Å²) < 4.78 is 11.0. The van der Waals surface area contributed by atoms with Gasteiger partial charge in [0.2, 0.25) is 5.91 Å². The minimum absolute atomic E-state index is 0.0229. The van der Waals surface area contributed by atoms with Crippen molar-refractivity contribution < 1.29 is 13.9 Å². The zero-order valence-corrected chi connectivity index (χ0v) is 16.2. The highest BCUT2D eigenvalue weighted by molar-refractivity contribution is 5.86. The predicted molar refractivity (Wildman–Crippen MR) is 106 cm³/mol. The summed E-state index contributed by atoms with van der Waals surface area (Å²) in [5.41, 5.74) is 0.991. The number of benzene rings is 1. The van der Waals surface area contributed by atoms with Crippen LogP contribution in [0.2, 0.25) is 0 Å². The molecule has 2 rings (SSSR count). The van der Waals surface area contributed by atoms with Crippen LogP contribution in [0, 0.1) is 0 Å². The van der Waals surface area contributed by atoms with Crippen molar-refractivity contribution in [2.24, 2.45) is 4.99 Å². The molecule has 7 heteroatoms. The molecular weight excluding hydrogens is 344 g/mol. The number of guanidine groups is 1. The average molecular weight is 372 g/mol. The van der Waals surface area contributed by atoms with E-state index in [1.807, 2.05) is 43.3 Å². The number of nitrogens with one attached hydrogen (secondary N) is 2. The van der Waals surface area contributed by atoms with Crippen LogP contribution >= 0.6 is 0 Å². The SMILES string of the molecule is CCOc1ccccc1CN=C(NCCc1ccco1)NCC(=O)N(C)C. The zero-order chi connectivity index (χ0) is 19.5. The lowest BCUT2D eigenvalue weighted by Crippen LogP contribution is -2.43. The normalized spacial score (nSPS) is 11.1. The third-order valence-corrected chi connectivity index (χ3v) is 3.83. The standard InChI is InChI=1S/C20H28N4O3/c1-4-26-18-10-6-5-8-16(18)14-22-20(23-15-19(25)24(2)3)21-12-11-17-9-7-13-27-17/h5-10,13H,4,11-12,14-15H2,1-3H3,(H2,21,22,23). The maximum absolute atomic E-state index is 11.9. The van der Waals surface area contributed by atoms with E-state index >= 15 is 0 Å². The maximum Gasteiger partial charge on any atom is 0.241 e. The summed E-state index contributed by atoms with van der Waals surface area (Å²) in [6, 6.07) is 11.6. The average Bonchev–Trinajstić information content (AvgIpc) is 3.18. The number of carbonyl (C=O) groups is 1. The van der Waals surface area contributed by atoms with Crippen molar-refractivity contribution in [3.8, 4) is 5.75 Å². The van der Waals surface area contributed by atoms with E-state index in [4.69, 9.17) is 9.15 Å². The van der Waals surface area contributed by atoms with Crippen LogP contribution in [-0.2, 0) is 17.8 Å². The Balaban J connectivity index is 2.00. The Hall–Kier alpha value is -2.96. The van der Waals surface area contributed by atoms with Crippen molar-refractivity contribution in [2.45, 2.75) is 19.9 Å². The number of hydrogen-bond acceptors (Lipinski definition) is 4. The van der Waals surface area contributed by atoms with E-state index in [0.29, 0.717) is 25.7 Å². The first-order chi connectivity index (χ1) is 13.1. The van der Waals surface area contributed by atoms with Crippen molar-refractivity contribution >= 4 is 11.9 Å². The lowest BCUT2D eigenvalue weighted by molar-refractivity contribution is -0.127. The molecule has 1 aromatic carbocycles. The Bertz CT molecular complexity index is 727. The number of rotatable bonds is 9. The highest BCUT2D eigenvalue weighted by Gasteiger charge is 2.07. The molecule has 0 fully saturated rings. The van der Waals surface area contributed by atoms with E-state index in [9.17, 15) is 4.79 Å². The number of hydrogen-bond donors (Lipinski definition) is 2. The smallest absolute Gasteiger partial charge is 0.241 e. The van der Waals surface area contributed by atoms with Crippen molar-refractivity contribution in [3.63, 3.8) is 0 Å². The second kappa shape index (κ2) is 10.9. The van der Waals surface area contributed by atoms with Gasteiger partial charge in [-0.3, -0.25) is 4.79 Å². The number of nitrogens with zero attached hydrogens (tertiary/aromatic N) is 2. The lowest BCUT2D eigenvalue weighted by atomic mass is 10.2. The monoisotopic (exact) mass is 372 g/mol. The lowest BCUT2D eigenvalue weighted by Gasteiger charge is -2.15. The third-order valence-electron chi connectivity index (χ3n) is 3.83. The summed E-state index contributed by atoms with van der Waals surface area (Å²) in [5, 5.41) is 6.32. The molecule has 27 heavy (non-hydrogen) atoms. The van der Waals surface area contributed by atoms with E-state index in [1.54, 1.807) is 20.4 Å². The fourth-order valence-electron chi connectivity index (χ4n) is 2.35. The molecule has 0 unspecified atom stereocenters. The van der Waals surface area contributed by atoms with Crippen molar-refractivity contribution in [1.82, 2.24) is 15.5 Å². The molecule has 2 N–H and O–H groups in total. The highest BCUT2D eigenvalue weighted by Crippen LogP contribution is 2.18. The Labute approximate surface area is 160 Å². The number of likely N-dealkylation sites (N-methyl/N-ethyl adjacent to an activating group) is 1. The summed E-state index contributed by atoms with van der Waals surface area (Å²) in [6.45, 7) is 3.82. The van der Waals surface area contributed by atoms with Gasteiger partial charge < -0.3 is 24.7 Å². The van der Waals surface area contributed by atoms with Gasteiger partial charge >= 0.3 is 0 Å². The molecule has 0 aliphatic carbocycles. The molecule has 1 aromatic heterocycles. The van der Waals surface area contributed by atoms with Gasteiger partial charge in [0.05, 0.1) is 26.0 Å². The molecule has 7 nitrogen and oxygen atoms in total. The number of aliphatic imine (C=N–C) groups is 1. The fourth-order valence-corrected chi connectivity index (χ4v) is 2.35. The van der Waals surface area contributed by atoms with Crippen LogP contribution in [0.3, 0.4) is 0 Å². The first-order valence-corrected chi connectivity index (χ1v) is 9.05. The van der Waals surface area contributed by atoms with Gasteiger partial charge in [-0.25, -0.2) is 4.99 Å². The van der Waals surface area contributed by atoms with Crippen LogP contribution in [-0.4, -0.2) is 50.6 Å². The molecule has 2 aromatic rings. The number of amides is 1. The highest BCUT2D eigenvalue weighted by atomic mass is 16.5. The van der Waals surface area contributed by atoms with E-state index in [-0.39, 0.29) is 12.5 Å². The molecule has 0 bridgehead atoms. The van der Waals surface area contributed by atoms with Gasteiger partial charge in [0, 0.05) is 32.6 Å². The van der Waals surface area contributed by atoms with Crippen LogP contribution in [0.5, 0.6) is 5.75 Å². The Morgan fingerprint density at radius 2 is 2.00 bits per heavy atom. The second-order valence-electron chi connectivity index (χ2n) is 6.10. The molecule has 0 aliphatic rings. The Morgan fingerprint density at radius 1 is 1.19 bits per heavy atom. The number of furan rings is 1. The topological polar surface area (TPSA) is 79.1 Å². The molecule has 0 saturated carbocycles. The molecule has 146 valence electrons. The van der Waals surface area contributed by atoms with Gasteiger partial charge in [-0.1, -0.05) is 18.2 Å². The van der Waals surface area contributed by atoms with Crippen LogP contribution < -0.4 is 15.4 Å². The summed E-state index contributed by atoms with van der Waals surface area (Å²) in [5.74, 6) is 2.27. The summed E-state index contributed by atoms with van der Waals surface area (Å²) >= 11 is 0. The van der Waals surface area contributed by atoms with Gasteiger partial charge in [-0.2, -0.15) is 0 Å². The predicted octanol–water partition coefficient (Wildman–Crippen LogP) is 2.04. The van der Waals surface area contributed by atoms with Crippen LogP contribution in [0.4, 0.5) is 0 Å². The summed E-state index contributed by atoms with van der Waals surface area (Å²) in [7, 11) is 3.45. The minimum Gasteiger partial charge on any atom is -0.494 e. The van der Waals surface area contributed by atoms with Gasteiger partial charge in [-0.15, -0.1) is 0 Å². The molecule has 0 spiro atoms. The quantitative estimate of drug-likeness (QED) is 0.520. The van der Waals surface area contributed by atoms with E-state index < -0.39 is 0 Å². The van der Waals surface area contributed by atoms with E-state index in [2.05, 4.69) is 15.6 Å². The fraction of sp³-hybridized carbons (Fsp3) is 0.400. The molecule has 1 amide bonds. The van der Waals surface area contributed by atoms with Gasteiger partial charge in [0.1, 0.15) is 11.5 Å². The number of carbonyl (C=O) groups excluding carboxylic acids is 1. The summed E-state index contributed by atoms with van der Waals surface area (Å²) in [6.07, 6.45) is 2.38. The van der Waals surface area contributed by atoms with E-state index in [1.165, 1.54) is 4.90 Å². The minimum atomic E-state index is -0.0229. The van der Waals surface area contributed by atoms with Gasteiger partial charge in [-0.05, 0) is 25.1 Å². The van der Waals surface area contributed by atoms with Crippen LogP contribution in [0.1, 0.15) is 18.2 Å². The van der Waals surface area contributed by atoms with Gasteiger partial charge in [0.15, 0.2) is 5.96 Å². The molecule has 0 aliphatic heterocycles. The number of para-hydroxylation sites is 1. The van der Waals surface area contributed by atoms with Crippen LogP contribution in [0.25, 0.3) is 0 Å². The molecule has 0 saturated heterocycles. The molecule has 1 heterocycles. The first-order valence-electron chi connectivity index (χ1n) is 9.05. The Morgan fingerprint density at radius 3 is 2.70 bits per heavy atom. The molecular formula is C20H28N4O3. The van der Waals surface area contributed by atoms with Crippen LogP contribution in [0.15, 0.2) is 52.1 Å². The van der Waals surface area contributed by atoms with Gasteiger partial charge in [0.25, 0.3) is 0 Å². The zero-order valence-electron chi connectivity index (χ0n) is 16.2. The molecule has 0 atom stereocenters. The number of ether oxygens (including phenoxy) is 1. The van der Waals surface area contributed by atoms with Crippen molar-refractivity contribution in [3.05, 3.63) is 54.0 Å². The largest absolute Gasteiger partial charge is 0.494 e. The first kappa shape index (κ1) is 20.4. The van der Waals surface area contributed by atoms with Crippen molar-refractivity contribution in [2.75, 3.05) is 33.8 Å². The Kier molecular flexibility index (Phi) is 8.22. The third kappa shape index (κ3) is 7.05. The maximum atomic E-state index is 11.9. The van der Waals surface area contributed by atoms with E-state index in [0.717, 1.165) is 23.5 Å². The van der Waals surface area contributed by atoms with Crippen molar-refractivity contribution in [1.29, 1.82) is 0 Å².